The lowest BCUT2D eigenvalue weighted by molar-refractivity contribution is 0.00749. The summed E-state index contributed by atoms with van der Waals surface area (Å²) in [5.41, 5.74) is 0. The fourth-order valence-electron chi connectivity index (χ4n) is 0.908. The molecule has 0 aliphatic carbocycles. The van der Waals surface area contributed by atoms with Gasteiger partial charge in [0.25, 0.3) is 0 Å². The van der Waals surface area contributed by atoms with Crippen molar-refractivity contribution in [2.45, 2.75) is 18.9 Å². The zero-order chi connectivity index (χ0) is 9.94. The third-order valence-electron chi connectivity index (χ3n) is 1.63. The molecule has 1 atom stereocenters. The second-order valence-electron chi connectivity index (χ2n) is 2.86. The van der Waals surface area contributed by atoms with E-state index >= 15 is 0 Å². The molecule has 0 bridgehead atoms. The van der Waals surface area contributed by atoms with E-state index in [1.807, 2.05) is 0 Å². The van der Waals surface area contributed by atoms with Gasteiger partial charge in [0, 0.05) is 20.8 Å². The van der Waals surface area contributed by atoms with Gasteiger partial charge < -0.3 is 19.3 Å². The van der Waals surface area contributed by atoms with Crippen LogP contribution >= 0.6 is 0 Å². The molecule has 13 heavy (non-hydrogen) atoms. The highest BCUT2D eigenvalue weighted by Crippen LogP contribution is 1.97. The van der Waals surface area contributed by atoms with Crippen molar-refractivity contribution in [3.63, 3.8) is 0 Å². The predicted molar refractivity (Wildman–Crippen MR) is 49.8 cm³/mol. The lowest BCUT2D eigenvalue weighted by Crippen LogP contribution is -2.17. The lowest BCUT2D eigenvalue weighted by atomic mass is 10.2. The van der Waals surface area contributed by atoms with Crippen LogP contribution in [0.2, 0.25) is 0 Å². The maximum Gasteiger partial charge on any atom is 0.0774 e. The molecule has 0 heterocycles. The van der Waals surface area contributed by atoms with Gasteiger partial charge in [-0.05, 0) is 12.8 Å². The quantitative estimate of drug-likeness (QED) is 0.538. The Bertz CT molecular complexity index is 97.6. The summed E-state index contributed by atoms with van der Waals surface area (Å²) in [5, 5.41) is 9.35. The number of aliphatic hydroxyl groups excluding tert-OH is 1. The molecule has 0 saturated carbocycles. The van der Waals surface area contributed by atoms with Gasteiger partial charge in [-0.2, -0.15) is 0 Å². The van der Waals surface area contributed by atoms with Crippen LogP contribution in [0.3, 0.4) is 0 Å². The number of aliphatic hydroxyl groups is 1. The molecule has 0 spiro atoms. The second kappa shape index (κ2) is 9.92. The van der Waals surface area contributed by atoms with Gasteiger partial charge in [0.2, 0.25) is 0 Å². The van der Waals surface area contributed by atoms with Crippen LogP contribution < -0.4 is 0 Å². The van der Waals surface area contributed by atoms with Crippen molar-refractivity contribution < 1.29 is 19.3 Å². The van der Waals surface area contributed by atoms with E-state index < -0.39 is 0 Å². The van der Waals surface area contributed by atoms with Crippen LogP contribution in [0, 0.1) is 0 Å². The van der Waals surface area contributed by atoms with Gasteiger partial charge >= 0.3 is 0 Å². The average molecular weight is 192 g/mol. The number of ether oxygens (including phenoxy) is 3. The average Bonchev–Trinajstić information content (AvgIpc) is 2.13. The van der Waals surface area contributed by atoms with Gasteiger partial charge in [-0.15, -0.1) is 0 Å². The Morgan fingerprint density at radius 2 is 1.77 bits per heavy atom. The van der Waals surface area contributed by atoms with Gasteiger partial charge in [-0.1, -0.05) is 0 Å². The van der Waals surface area contributed by atoms with E-state index in [2.05, 4.69) is 0 Å². The maximum absolute atomic E-state index is 9.35. The van der Waals surface area contributed by atoms with E-state index in [1.165, 1.54) is 0 Å². The standard InChI is InChI=1S/C9H20O4/c1-11-5-3-4-9(10)8-13-7-6-12-2/h9-10H,3-8H2,1-2H3. The summed E-state index contributed by atoms with van der Waals surface area (Å²) in [7, 11) is 3.28. The summed E-state index contributed by atoms with van der Waals surface area (Å²) in [4.78, 5) is 0. The maximum atomic E-state index is 9.35. The third-order valence-corrected chi connectivity index (χ3v) is 1.63. The van der Waals surface area contributed by atoms with Gasteiger partial charge in [0.15, 0.2) is 0 Å². The summed E-state index contributed by atoms with van der Waals surface area (Å²) in [5.74, 6) is 0. The molecule has 0 amide bonds. The van der Waals surface area contributed by atoms with Crippen LogP contribution in [0.1, 0.15) is 12.8 Å². The Balaban J connectivity index is 3.05. The Morgan fingerprint density at radius 3 is 2.38 bits per heavy atom. The van der Waals surface area contributed by atoms with Crippen molar-refractivity contribution >= 4 is 0 Å². The van der Waals surface area contributed by atoms with Crippen LogP contribution in [0.4, 0.5) is 0 Å². The van der Waals surface area contributed by atoms with Gasteiger partial charge in [-0.3, -0.25) is 0 Å². The minimum absolute atomic E-state index is 0.382. The Hall–Kier alpha value is -0.160. The Labute approximate surface area is 79.8 Å². The molecule has 1 unspecified atom stereocenters. The summed E-state index contributed by atoms with van der Waals surface area (Å²) in [6.45, 7) is 2.19. The Morgan fingerprint density at radius 1 is 1.08 bits per heavy atom. The SMILES string of the molecule is COCCCC(O)COCCOC. The van der Waals surface area contributed by atoms with Gasteiger partial charge in [-0.25, -0.2) is 0 Å². The highest BCUT2D eigenvalue weighted by atomic mass is 16.5. The first-order valence-corrected chi connectivity index (χ1v) is 4.55. The smallest absolute Gasteiger partial charge is 0.0774 e. The van der Waals surface area contributed by atoms with Crippen LogP contribution in [0.5, 0.6) is 0 Å². The van der Waals surface area contributed by atoms with E-state index in [-0.39, 0.29) is 6.10 Å². The highest BCUT2D eigenvalue weighted by Gasteiger charge is 2.02. The molecule has 0 radical (unpaired) electrons. The molecule has 4 heteroatoms. The molecule has 0 fully saturated rings. The summed E-state index contributed by atoms with van der Waals surface area (Å²) in [6.07, 6.45) is 1.21. The van der Waals surface area contributed by atoms with Crippen molar-refractivity contribution in [1.29, 1.82) is 0 Å². The van der Waals surface area contributed by atoms with Gasteiger partial charge in [0.1, 0.15) is 0 Å². The molecule has 0 saturated heterocycles. The molecule has 0 aromatic carbocycles. The van der Waals surface area contributed by atoms with E-state index in [1.54, 1.807) is 14.2 Å². The summed E-state index contributed by atoms with van der Waals surface area (Å²) < 4.78 is 14.8. The number of hydrogen-bond donors (Lipinski definition) is 1. The second-order valence-corrected chi connectivity index (χ2v) is 2.86. The van der Waals surface area contributed by atoms with Crippen LogP contribution in [-0.4, -0.2) is 51.9 Å². The number of hydrogen-bond acceptors (Lipinski definition) is 4. The fourth-order valence-corrected chi connectivity index (χ4v) is 0.908. The zero-order valence-corrected chi connectivity index (χ0v) is 8.49. The predicted octanol–water partition coefficient (Wildman–Crippen LogP) is 0.437. The molecule has 1 N–H and O–H groups in total. The third kappa shape index (κ3) is 9.76. The molecular weight excluding hydrogens is 172 g/mol. The van der Waals surface area contributed by atoms with E-state index in [4.69, 9.17) is 14.2 Å². The van der Waals surface area contributed by atoms with Crippen molar-refractivity contribution in [1.82, 2.24) is 0 Å². The Kier molecular flexibility index (Phi) is 9.80. The molecule has 0 aromatic heterocycles. The number of rotatable bonds is 9. The molecule has 80 valence electrons. The molecule has 0 rings (SSSR count). The monoisotopic (exact) mass is 192 g/mol. The molecule has 4 nitrogen and oxygen atoms in total. The van der Waals surface area contributed by atoms with Crippen molar-refractivity contribution in [3.05, 3.63) is 0 Å². The number of methoxy groups -OCH3 is 2. The van der Waals surface area contributed by atoms with Crippen molar-refractivity contribution in [3.8, 4) is 0 Å². The molecule has 0 aliphatic heterocycles. The summed E-state index contributed by atoms with van der Waals surface area (Å²) in [6, 6.07) is 0. The van der Waals surface area contributed by atoms with Gasteiger partial charge in [0.05, 0.1) is 25.9 Å². The van der Waals surface area contributed by atoms with E-state index in [0.717, 1.165) is 12.8 Å². The first-order chi connectivity index (χ1) is 6.31. The van der Waals surface area contributed by atoms with E-state index in [9.17, 15) is 5.11 Å². The minimum atomic E-state index is -0.382. The molecule has 0 aliphatic rings. The zero-order valence-electron chi connectivity index (χ0n) is 8.49. The first-order valence-electron chi connectivity index (χ1n) is 4.55. The van der Waals surface area contributed by atoms with E-state index in [0.29, 0.717) is 26.4 Å². The van der Waals surface area contributed by atoms with Crippen molar-refractivity contribution in [2.75, 3.05) is 40.6 Å². The summed E-state index contributed by atoms with van der Waals surface area (Å²) >= 11 is 0. The topological polar surface area (TPSA) is 47.9 Å². The van der Waals surface area contributed by atoms with Crippen LogP contribution in [0.15, 0.2) is 0 Å². The van der Waals surface area contributed by atoms with Crippen LogP contribution in [-0.2, 0) is 14.2 Å². The molecule has 0 aromatic rings. The normalized spacial score (nSPS) is 13.2. The van der Waals surface area contributed by atoms with Crippen molar-refractivity contribution in [2.24, 2.45) is 0 Å². The highest BCUT2D eigenvalue weighted by molar-refractivity contribution is 4.53. The minimum Gasteiger partial charge on any atom is -0.391 e. The largest absolute Gasteiger partial charge is 0.391 e. The van der Waals surface area contributed by atoms with Crippen LogP contribution in [0.25, 0.3) is 0 Å². The fraction of sp³-hybridized carbons (Fsp3) is 1.00. The first kappa shape index (κ1) is 12.8. The lowest BCUT2D eigenvalue weighted by Gasteiger charge is -2.10. The molecular formula is C9H20O4.